The Balaban J connectivity index is 2.43. The maximum Gasteiger partial charge on any atom is 0.414 e. The molecular formula is C18H24ClNO4. The number of anilines is 1. The van der Waals surface area contributed by atoms with Crippen molar-refractivity contribution in [3.8, 4) is 0 Å². The predicted octanol–water partition coefficient (Wildman–Crippen LogP) is 4.38. The Morgan fingerprint density at radius 2 is 2.00 bits per heavy atom. The van der Waals surface area contributed by atoms with Gasteiger partial charge in [-0.1, -0.05) is 18.5 Å². The summed E-state index contributed by atoms with van der Waals surface area (Å²) in [6, 6.07) is 5.18. The van der Waals surface area contributed by atoms with E-state index in [1.807, 2.05) is 27.7 Å². The highest BCUT2D eigenvalue weighted by Crippen LogP contribution is 2.41. The molecule has 2 rings (SSSR count). The number of esters is 1. The van der Waals surface area contributed by atoms with E-state index in [1.54, 1.807) is 30.0 Å². The van der Waals surface area contributed by atoms with Crippen LogP contribution in [0.15, 0.2) is 18.2 Å². The summed E-state index contributed by atoms with van der Waals surface area (Å²) >= 11 is 6.12. The van der Waals surface area contributed by atoms with Gasteiger partial charge in [-0.3, -0.25) is 9.69 Å². The molecule has 1 aromatic carbocycles. The number of benzene rings is 1. The standard InChI is InChI=1S/C18H24ClNO4/c1-6-23-16(21)15-11(2)10-20(17(22)24-18(3,4)5)14-8-7-12(19)9-13(14)15/h7-9,11,15H,6,10H2,1-5H3/t11-,15-/m1/s1. The van der Waals surface area contributed by atoms with Crippen molar-refractivity contribution in [3.63, 3.8) is 0 Å². The fourth-order valence-corrected chi connectivity index (χ4v) is 3.08. The minimum Gasteiger partial charge on any atom is -0.466 e. The van der Waals surface area contributed by atoms with Crippen molar-refractivity contribution in [2.45, 2.75) is 46.1 Å². The summed E-state index contributed by atoms with van der Waals surface area (Å²) in [5.41, 5.74) is 0.751. The van der Waals surface area contributed by atoms with E-state index in [0.29, 0.717) is 29.4 Å². The molecule has 2 atom stereocenters. The summed E-state index contributed by atoms with van der Waals surface area (Å²) in [6.45, 7) is 9.86. The Morgan fingerprint density at radius 1 is 1.33 bits per heavy atom. The summed E-state index contributed by atoms with van der Waals surface area (Å²) < 4.78 is 10.7. The number of halogens is 1. The Labute approximate surface area is 147 Å². The average Bonchev–Trinajstić information content (AvgIpc) is 2.44. The predicted molar refractivity (Wildman–Crippen MR) is 93.6 cm³/mol. The van der Waals surface area contributed by atoms with Crippen LogP contribution in [0.1, 0.15) is 46.1 Å². The Bertz CT molecular complexity index is 638. The molecule has 5 nitrogen and oxygen atoms in total. The molecule has 1 aliphatic rings. The Hall–Kier alpha value is -1.75. The third-order valence-electron chi connectivity index (χ3n) is 3.81. The van der Waals surface area contributed by atoms with Crippen LogP contribution in [0.2, 0.25) is 5.02 Å². The van der Waals surface area contributed by atoms with Crippen molar-refractivity contribution < 1.29 is 19.1 Å². The van der Waals surface area contributed by atoms with Gasteiger partial charge in [0.1, 0.15) is 5.60 Å². The van der Waals surface area contributed by atoms with Gasteiger partial charge in [-0.2, -0.15) is 0 Å². The summed E-state index contributed by atoms with van der Waals surface area (Å²) in [4.78, 5) is 26.5. The number of carbonyl (C=O) groups excluding carboxylic acids is 2. The van der Waals surface area contributed by atoms with Crippen molar-refractivity contribution in [1.29, 1.82) is 0 Å². The molecule has 0 aromatic heterocycles. The molecule has 0 saturated heterocycles. The van der Waals surface area contributed by atoms with E-state index in [4.69, 9.17) is 21.1 Å². The molecule has 0 N–H and O–H groups in total. The van der Waals surface area contributed by atoms with Gasteiger partial charge in [0.2, 0.25) is 0 Å². The monoisotopic (exact) mass is 353 g/mol. The quantitative estimate of drug-likeness (QED) is 0.740. The van der Waals surface area contributed by atoms with E-state index < -0.39 is 17.6 Å². The number of ether oxygens (including phenoxy) is 2. The minimum atomic E-state index is -0.592. The molecular weight excluding hydrogens is 330 g/mol. The molecule has 0 saturated carbocycles. The molecule has 6 heteroatoms. The highest BCUT2D eigenvalue weighted by Gasteiger charge is 2.40. The topological polar surface area (TPSA) is 55.8 Å². The molecule has 0 aliphatic carbocycles. The number of fused-ring (bicyclic) bond motifs is 1. The van der Waals surface area contributed by atoms with E-state index in [0.717, 1.165) is 0 Å². The van der Waals surface area contributed by atoms with Gasteiger partial charge in [-0.15, -0.1) is 0 Å². The lowest BCUT2D eigenvalue weighted by Gasteiger charge is -2.38. The van der Waals surface area contributed by atoms with Crippen LogP contribution in [0.3, 0.4) is 0 Å². The molecule has 0 bridgehead atoms. The normalized spacial score (nSPS) is 20.3. The molecule has 0 fully saturated rings. The van der Waals surface area contributed by atoms with Crippen LogP contribution in [0.4, 0.5) is 10.5 Å². The van der Waals surface area contributed by atoms with E-state index in [-0.39, 0.29) is 11.9 Å². The molecule has 1 aromatic rings. The highest BCUT2D eigenvalue weighted by molar-refractivity contribution is 6.30. The van der Waals surface area contributed by atoms with Crippen LogP contribution < -0.4 is 4.90 Å². The molecule has 0 unspecified atom stereocenters. The number of nitrogens with zero attached hydrogens (tertiary/aromatic N) is 1. The average molecular weight is 354 g/mol. The summed E-state index contributed by atoms with van der Waals surface area (Å²) in [6.07, 6.45) is -0.430. The number of amides is 1. The van der Waals surface area contributed by atoms with Gasteiger partial charge in [0, 0.05) is 11.6 Å². The number of carbonyl (C=O) groups is 2. The van der Waals surface area contributed by atoms with E-state index in [9.17, 15) is 9.59 Å². The van der Waals surface area contributed by atoms with Gasteiger partial charge in [0.15, 0.2) is 0 Å². The van der Waals surface area contributed by atoms with Crippen molar-refractivity contribution in [2.24, 2.45) is 5.92 Å². The first-order valence-corrected chi connectivity index (χ1v) is 8.48. The van der Waals surface area contributed by atoms with Crippen LogP contribution in [0, 0.1) is 5.92 Å². The Kier molecular flexibility index (Phi) is 5.43. The Morgan fingerprint density at radius 3 is 2.58 bits per heavy atom. The van der Waals surface area contributed by atoms with E-state index in [2.05, 4.69) is 0 Å². The number of hydrogen-bond donors (Lipinski definition) is 0. The van der Waals surface area contributed by atoms with E-state index in [1.165, 1.54) is 0 Å². The first-order chi connectivity index (χ1) is 11.1. The van der Waals surface area contributed by atoms with Crippen LogP contribution >= 0.6 is 11.6 Å². The zero-order chi connectivity index (χ0) is 18.1. The van der Waals surface area contributed by atoms with E-state index >= 15 is 0 Å². The van der Waals surface area contributed by atoms with Crippen LogP contribution in [-0.4, -0.2) is 30.8 Å². The van der Waals surface area contributed by atoms with Gasteiger partial charge in [0.05, 0.1) is 18.2 Å². The lowest BCUT2D eigenvalue weighted by Crippen LogP contribution is -2.45. The van der Waals surface area contributed by atoms with Crippen LogP contribution in [-0.2, 0) is 14.3 Å². The lowest BCUT2D eigenvalue weighted by molar-refractivity contribution is -0.146. The first-order valence-electron chi connectivity index (χ1n) is 8.10. The van der Waals surface area contributed by atoms with Crippen LogP contribution in [0.25, 0.3) is 0 Å². The van der Waals surface area contributed by atoms with Crippen molar-refractivity contribution in [2.75, 3.05) is 18.1 Å². The maximum absolute atomic E-state index is 12.6. The second kappa shape index (κ2) is 7.01. The summed E-state index contributed by atoms with van der Waals surface area (Å²) in [5, 5.41) is 0.515. The zero-order valence-electron chi connectivity index (χ0n) is 14.8. The second-order valence-corrected chi connectivity index (χ2v) is 7.44. The van der Waals surface area contributed by atoms with Crippen molar-refractivity contribution in [3.05, 3.63) is 28.8 Å². The number of rotatable bonds is 2. The fraction of sp³-hybridized carbons (Fsp3) is 0.556. The van der Waals surface area contributed by atoms with Crippen molar-refractivity contribution in [1.82, 2.24) is 0 Å². The van der Waals surface area contributed by atoms with Crippen molar-refractivity contribution >= 4 is 29.4 Å². The first kappa shape index (κ1) is 18.6. The van der Waals surface area contributed by atoms with Gasteiger partial charge in [0.25, 0.3) is 0 Å². The highest BCUT2D eigenvalue weighted by atomic mass is 35.5. The van der Waals surface area contributed by atoms with Gasteiger partial charge < -0.3 is 9.47 Å². The molecule has 0 radical (unpaired) electrons. The number of hydrogen-bond acceptors (Lipinski definition) is 4. The largest absolute Gasteiger partial charge is 0.466 e. The molecule has 1 heterocycles. The summed E-state index contributed by atoms with van der Waals surface area (Å²) in [5.74, 6) is -0.850. The molecule has 1 amide bonds. The van der Waals surface area contributed by atoms with Gasteiger partial charge in [-0.25, -0.2) is 4.79 Å². The molecule has 24 heavy (non-hydrogen) atoms. The zero-order valence-corrected chi connectivity index (χ0v) is 15.5. The van der Waals surface area contributed by atoms with Crippen LogP contribution in [0.5, 0.6) is 0 Å². The van der Waals surface area contributed by atoms with Gasteiger partial charge >= 0.3 is 12.1 Å². The molecule has 0 spiro atoms. The molecule has 132 valence electrons. The minimum absolute atomic E-state index is 0.109. The SMILES string of the molecule is CCOC(=O)[C@H]1c2cc(Cl)ccc2N(C(=O)OC(C)(C)C)C[C@H]1C. The smallest absolute Gasteiger partial charge is 0.414 e. The lowest BCUT2D eigenvalue weighted by atomic mass is 9.82. The second-order valence-electron chi connectivity index (χ2n) is 7.00. The van der Waals surface area contributed by atoms with Gasteiger partial charge in [-0.05, 0) is 57.4 Å². The third-order valence-corrected chi connectivity index (χ3v) is 4.04. The maximum atomic E-state index is 12.6. The summed E-state index contributed by atoms with van der Waals surface area (Å²) in [7, 11) is 0. The fourth-order valence-electron chi connectivity index (χ4n) is 2.90. The third kappa shape index (κ3) is 4.01. The molecule has 1 aliphatic heterocycles.